The molecule has 32 heavy (non-hydrogen) atoms. The molecule has 1 aliphatic rings. The number of rotatable bonds is 2. The summed E-state index contributed by atoms with van der Waals surface area (Å²) in [6, 6.07) is 37.9. The lowest BCUT2D eigenvalue weighted by Crippen LogP contribution is -3.03. The van der Waals surface area contributed by atoms with Crippen molar-refractivity contribution in [1.29, 1.82) is 5.26 Å². The fraction of sp³-hybridized carbons (Fsp3) is 0.0370. The van der Waals surface area contributed by atoms with Crippen LogP contribution in [0.2, 0.25) is 0 Å². The molecule has 4 aromatic carbocycles. The summed E-state index contributed by atoms with van der Waals surface area (Å²) in [5.74, 6) is 0.686. The molecule has 4 nitrogen and oxygen atoms in total. The first kappa shape index (κ1) is 21.0. The van der Waals surface area contributed by atoms with Gasteiger partial charge < -0.3 is 15.3 Å². The fourth-order valence-electron chi connectivity index (χ4n) is 4.11. The summed E-state index contributed by atoms with van der Waals surface area (Å²) in [7, 11) is 0. The standard InChI is InChI=1S/C21H18BN3O.C6H6/c1-15-20-19(13-12-16(14-23)21(20)24)26-22(25-15,17-8-4-2-5-9-17)18-10-6-3-7-11-18;1-2-4-6-5-3-1/h2-13,25H,24H2,1H3;1-6H. The van der Waals surface area contributed by atoms with Gasteiger partial charge in [-0.05, 0) is 12.1 Å². The van der Waals surface area contributed by atoms with E-state index < -0.39 is 6.48 Å². The first-order valence-corrected chi connectivity index (χ1v) is 10.6. The minimum Gasteiger partial charge on any atom is -0.651 e. The molecule has 0 radical (unpaired) electrons. The smallest absolute Gasteiger partial charge is 0.506 e. The van der Waals surface area contributed by atoms with Crippen LogP contribution in [-0.2, 0) is 0 Å². The van der Waals surface area contributed by atoms with Crippen LogP contribution in [0.5, 0.6) is 5.75 Å². The summed E-state index contributed by atoms with van der Waals surface area (Å²) in [4.78, 5) is 3.58. The van der Waals surface area contributed by atoms with Crippen LogP contribution in [0.25, 0.3) is 0 Å². The number of hydrogen-bond acceptors (Lipinski definition) is 3. The molecule has 0 amide bonds. The number of hydrogen-bond donors (Lipinski definition) is 2. The zero-order valence-electron chi connectivity index (χ0n) is 17.9. The zero-order chi connectivity index (χ0) is 22.4. The number of benzene rings is 4. The molecule has 0 aromatic heterocycles. The molecule has 0 fully saturated rings. The van der Waals surface area contributed by atoms with Gasteiger partial charge in [0.15, 0.2) is 0 Å². The number of nitrogens with one attached hydrogen (secondary N) is 1. The van der Waals surface area contributed by atoms with E-state index in [9.17, 15) is 5.26 Å². The van der Waals surface area contributed by atoms with Gasteiger partial charge in [-0.1, -0.05) is 108 Å². The number of nitriles is 1. The maximum atomic E-state index is 9.27. The SMILES string of the molecule is CC1=[NH+][B-](c2ccccc2)(c2ccccc2)Oc2ccc(C#N)c(N)c21.c1ccccc1. The van der Waals surface area contributed by atoms with Crippen LogP contribution in [0.4, 0.5) is 5.69 Å². The Kier molecular flexibility index (Phi) is 6.05. The predicted molar refractivity (Wildman–Crippen MR) is 131 cm³/mol. The van der Waals surface area contributed by atoms with E-state index in [1.807, 2.05) is 85.8 Å². The Balaban J connectivity index is 0.000000354. The summed E-state index contributed by atoms with van der Waals surface area (Å²) < 4.78 is 6.58. The van der Waals surface area contributed by atoms with E-state index in [0.717, 1.165) is 22.2 Å². The van der Waals surface area contributed by atoms with Crippen LogP contribution >= 0.6 is 0 Å². The molecule has 0 unspecified atom stereocenters. The largest absolute Gasteiger partial charge is 0.651 e. The second-order valence-corrected chi connectivity index (χ2v) is 7.66. The molecule has 0 spiro atoms. The quantitative estimate of drug-likeness (QED) is 0.389. The molecule has 1 aliphatic heterocycles. The third-order valence-electron chi connectivity index (χ3n) is 5.63. The first-order valence-electron chi connectivity index (χ1n) is 10.6. The monoisotopic (exact) mass is 417 g/mol. The van der Waals surface area contributed by atoms with Crippen LogP contribution in [0.1, 0.15) is 18.1 Å². The number of nitrogen functional groups attached to an aromatic ring is 1. The van der Waals surface area contributed by atoms with Crippen LogP contribution in [-0.4, -0.2) is 12.2 Å². The highest BCUT2D eigenvalue weighted by Crippen LogP contribution is 2.30. The Labute approximate surface area is 188 Å². The molecular formula is C27H24BN3O. The molecule has 3 N–H and O–H groups in total. The lowest BCUT2D eigenvalue weighted by Gasteiger charge is -2.38. The van der Waals surface area contributed by atoms with E-state index in [1.165, 1.54) is 0 Å². The van der Waals surface area contributed by atoms with Crippen molar-refractivity contribution >= 4 is 28.8 Å². The van der Waals surface area contributed by atoms with Gasteiger partial charge in [0.2, 0.25) is 0 Å². The number of nitrogens with two attached hydrogens (primary N) is 1. The van der Waals surface area contributed by atoms with Crippen molar-refractivity contribution in [2.24, 2.45) is 0 Å². The third kappa shape index (κ3) is 3.99. The number of nitrogens with zero attached hydrogens (tertiary/aromatic N) is 1. The van der Waals surface area contributed by atoms with E-state index in [0.29, 0.717) is 17.0 Å². The van der Waals surface area contributed by atoms with E-state index in [-0.39, 0.29) is 0 Å². The van der Waals surface area contributed by atoms with E-state index in [2.05, 4.69) is 35.2 Å². The van der Waals surface area contributed by atoms with Gasteiger partial charge in [0.1, 0.15) is 11.8 Å². The average Bonchev–Trinajstić information content (AvgIpc) is 2.86. The maximum Gasteiger partial charge on any atom is 0.506 e. The molecule has 0 aliphatic carbocycles. The van der Waals surface area contributed by atoms with Gasteiger partial charge in [0.25, 0.3) is 0 Å². The van der Waals surface area contributed by atoms with Gasteiger partial charge in [-0.15, -0.1) is 0 Å². The minimum atomic E-state index is -1.70. The molecule has 5 heteroatoms. The summed E-state index contributed by atoms with van der Waals surface area (Å²) in [6.07, 6.45) is 0. The molecule has 4 aromatic rings. The summed E-state index contributed by atoms with van der Waals surface area (Å²) in [5.41, 5.74) is 10.9. The third-order valence-corrected chi connectivity index (χ3v) is 5.63. The van der Waals surface area contributed by atoms with Crippen molar-refractivity contribution in [2.45, 2.75) is 6.92 Å². The number of anilines is 1. The van der Waals surface area contributed by atoms with Crippen molar-refractivity contribution in [3.05, 3.63) is 120 Å². The topological polar surface area (TPSA) is 73.0 Å². The van der Waals surface area contributed by atoms with Crippen molar-refractivity contribution in [3.8, 4) is 11.8 Å². The lowest BCUT2D eigenvalue weighted by atomic mass is 9.42. The molecule has 0 atom stereocenters. The summed E-state index contributed by atoms with van der Waals surface area (Å²) in [5, 5.41) is 9.27. The Bertz CT molecular complexity index is 1200. The van der Waals surface area contributed by atoms with Gasteiger partial charge >= 0.3 is 6.48 Å². The van der Waals surface area contributed by atoms with Gasteiger partial charge in [-0.3, -0.25) is 0 Å². The van der Waals surface area contributed by atoms with Gasteiger partial charge in [0.05, 0.1) is 22.6 Å². The van der Waals surface area contributed by atoms with Crippen molar-refractivity contribution in [2.75, 3.05) is 5.73 Å². The molecule has 1 heterocycles. The van der Waals surface area contributed by atoms with E-state index in [1.54, 1.807) is 6.07 Å². The van der Waals surface area contributed by atoms with Crippen molar-refractivity contribution < 1.29 is 9.56 Å². The average molecular weight is 417 g/mol. The highest BCUT2D eigenvalue weighted by atomic mass is 16.5. The Morgan fingerprint density at radius 3 is 1.69 bits per heavy atom. The summed E-state index contributed by atoms with van der Waals surface area (Å²) in [6.45, 7) is 0.274. The van der Waals surface area contributed by atoms with Gasteiger partial charge in [-0.25, -0.2) is 0 Å². The van der Waals surface area contributed by atoms with Crippen LogP contribution < -0.4 is 26.2 Å². The van der Waals surface area contributed by atoms with Gasteiger partial charge in [0, 0.05) is 6.92 Å². The molecule has 5 rings (SSSR count). The molecule has 156 valence electrons. The molecule has 0 saturated carbocycles. The van der Waals surface area contributed by atoms with E-state index >= 15 is 0 Å². The van der Waals surface area contributed by atoms with Gasteiger partial charge in [-0.2, -0.15) is 5.26 Å². The van der Waals surface area contributed by atoms with Crippen molar-refractivity contribution in [3.63, 3.8) is 0 Å². The number of fused-ring (bicyclic) bond motifs is 1. The zero-order valence-corrected chi connectivity index (χ0v) is 17.9. The minimum absolute atomic E-state index is 0.445. The molecule has 0 bridgehead atoms. The highest BCUT2D eigenvalue weighted by molar-refractivity contribution is 6.91. The second kappa shape index (κ2) is 9.24. The predicted octanol–water partition coefficient (Wildman–Crippen LogP) is 2.37. The Morgan fingerprint density at radius 2 is 1.22 bits per heavy atom. The first-order chi connectivity index (χ1) is 15.7. The van der Waals surface area contributed by atoms with E-state index in [4.69, 9.17) is 10.4 Å². The maximum absolute atomic E-state index is 9.27. The Hall–Kier alpha value is -4.30. The lowest BCUT2D eigenvalue weighted by molar-refractivity contribution is -0.319. The highest BCUT2D eigenvalue weighted by Gasteiger charge is 2.44. The molecule has 0 saturated heterocycles. The van der Waals surface area contributed by atoms with Crippen LogP contribution in [0.15, 0.2) is 109 Å². The fourth-order valence-corrected chi connectivity index (χ4v) is 4.11. The summed E-state index contributed by atoms with van der Waals surface area (Å²) >= 11 is 0. The normalized spacial score (nSPS) is 13.3. The Morgan fingerprint density at radius 1 is 0.750 bits per heavy atom. The van der Waals surface area contributed by atoms with Crippen molar-refractivity contribution in [1.82, 2.24) is 0 Å². The van der Waals surface area contributed by atoms with Crippen LogP contribution in [0.3, 0.4) is 0 Å². The van der Waals surface area contributed by atoms with Crippen LogP contribution in [0, 0.1) is 11.3 Å². The second-order valence-electron chi connectivity index (χ2n) is 7.66. The molecular weight excluding hydrogens is 393 g/mol.